The fourth-order valence-electron chi connectivity index (χ4n) is 3.31. The zero-order valence-corrected chi connectivity index (χ0v) is 13.0. The molecular formula is C20H19NO2. The summed E-state index contributed by atoms with van der Waals surface area (Å²) >= 11 is 0. The third kappa shape index (κ3) is 2.52. The number of rotatable bonds is 2. The number of hydrogen-bond donors (Lipinski definition) is 0. The largest absolute Gasteiger partial charge is 0.455 e. The van der Waals surface area contributed by atoms with E-state index in [4.69, 9.17) is 4.42 Å². The SMILES string of the molecule is O=C(c1c(-c2ccccc2)oc2ccccc12)N1CCCCC1. The lowest BCUT2D eigenvalue weighted by molar-refractivity contribution is 0.0726. The van der Waals surface area contributed by atoms with Crippen LogP contribution in [-0.2, 0) is 0 Å². The first-order chi connectivity index (χ1) is 11.3. The summed E-state index contributed by atoms with van der Waals surface area (Å²) in [6, 6.07) is 17.7. The first-order valence-electron chi connectivity index (χ1n) is 8.21. The van der Waals surface area contributed by atoms with Gasteiger partial charge in [-0.25, -0.2) is 0 Å². The highest BCUT2D eigenvalue weighted by Gasteiger charge is 2.26. The Kier molecular flexibility index (Phi) is 3.62. The Labute approximate surface area is 135 Å². The second-order valence-corrected chi connectivity index (χ2v) is 6.02. The van der Waals surface area contributed by atoms with Crippen LogP contribution in [0.1, 0.15) is 29.6 Å². The van der Waals surface area contributed by atoms with E-state index in [1.54, 1.807) is 0 Å². The molecule has 23 heavy (non-hydrogen) atoms. The van der Waals surface area contributed by atoms with Crippen molar-refractivity contribution in [3.05, 3.63) is 60.2 Å². The summed E-state index contributed by atoms with van der Waals surface area (Å²) in [7, 11) is 0. The van der Waals surface area contributed by atoms with Gasteiger partial charge in [-0.1, -0.05) is 48.5 Å². The normalized spacial score (nSPS) is 15.0. The van der Waals surface area contributed by atoms with E-state index < -0.39 is 0 Å². The summed E-state index contributed by atoms with van der Waals surface area (Å²) in [5.41, 5.74) is 2.42. The molecule has 1 fully saturated rings. The lowest BCUT2D eigenvalue weighted by Crippen LogP contribution is -2.35. The van der Waals surface area contributed by atoms with E-state index in [-0.39, 0.29) is 5.91 Å². The zero-order valence-electron chi connectivity index (χ0n) is 13.0. The average molecular weight is 305 g/mol. The minimum atomic E-state index is 0.0912. The summed E-state index contributed by atoms with van der Waals surface area (Å²) in [5, 5.41) is 0.905. The zero-order chi connectivity index (χ0) is 15.6. The Morgan fingerprint density at radius 1 is 0.870 bits per heavy atom. The summed E-state index contributed by atoms with van der Waals surface area (Å²) < 4.78 is 6.05. The van der Waals surface area contributed by atoms with Crippen LogP contribution in [0.25, 0.3) is 22.3 Å². The topological polar surface area (TPSA) is 33.5 Å². The van der Waals surface area contributed by atoms with Crippen molar-refractivity contribution in [2.24, 2.45) is 0 Å². The molecule has 1 aromatic heterocycles. The number of nitrogens with zero attached hydrogens (tertiary/aromatic N) is 1. The number of carbonyl (C=O) groups is 1. The van der Waals surface area contributed by atoms with Gasteiger partial charge in [-0.2, -0.15) is 0 Å². The van der Waals surface area contributed by atoms with Gasteiger partial charge in [0.25, 0.3) is 5.91 Å². The van der Waals surface area contributed by atoms with Gasteiger partial charge in [-0.15, -0.1) is 0 Å². The smallest absolute Gasteiger partial charge is 0.258 e. The fraction of sp³-hybridized carbons (Fsp3) is 0.250. The van der Waals surface area contributed by atoms with Gasteiger partial charge in [0.1, 0.15) is 11.3 Å². The van der Waals surface area contributed by atoms with Crippen molar-refractivity contribution in [2.75, 3.05) is 13.1 Å². The van der Waals surface area contributed by atoms with Gasteiger partial charge in [-0.3, -0.25) is 4.79 Å². The van der Waals surface area contributed by atoms with Crippen molar-refractivity contribution in [1.82, 2.24) is 4.90 Å². The number of hydrogen-bond acceptors (Lipinski definition) is 2. The van der Waals surface area contributed by atoms with Crippen LogP contribution in [0, 0.1) is 0 Å². The molecule has 4 rings (SSSR count). The van der Waals surface area contributed by atoms with E-state index >= 15 is 0 Å². The molecule has 1 saturated heterocycles. The highest BCUT2D eigenvalue weighted by molar-refractivity contribution is 6.11. The lowest BCUT2D eigenvalue weighted by Gasteiger charge is -2.26. The lowest BCUT2D eigenvalue weighted by atomic mass is 10.0. The minimum Gasteiger partial charge on any atom is -0.455 e. The van der Waals surface area contributed by atoms with Crippen molar-refractivity contribution in [2.45, 2.75) is 19.3 Å². The van der Waals surface area contributed by atoms with Gasteiger partial charge >= 0.3 is 0 Å². The molecule has 0 radical (unpaired) electrons. The van der Waals surface area contributed by atoms with E-state index in [0.717, 1.165) is 42.5 Å². The van der Waals surface area contributed by atoms with Crippen LogP contribution in [-0.4, -0.2) is 23.9 Å². The summed E-state index contributed by atoms with van der Waals surface area (Å²) in [4.78, 5) is 15.1. The Hall–Kier alpha value is -2.55. The predicted molar refractivity (Wildman–Crippen MR) is 91.4 cm³/mol. The maximum absolute atomic E-state index is 13.1. The van der Waals surface area contributed by atoms with Crippen molar-refractivity contribution < 1.29 is 9.21 Å². The maximum atomic E-state index is 13.1. The van der Waals surface area contributed by atoms with E-state index in [2.05, 4.69) is 0 Å². The van der Waals surface area contributed by atoms with Gasteiger partial charge in [0, 0.05) is 24.0 Å². The van der Waals surface area contributed by atoms with Crippen LogP contribution in [0.2, 0.25) is 0 Å². The number of piperidine rings is 1. The highest BCUT2D eigenvalue weighted by atomic mass is 16.3. The quantitative estimate of drug-likeness (QED) is 0.686. The highest BCUT2D eigenvalue weighted by Crippen LogP contribution is 2.34. The second kappa shape index (κ2) is 5.92. The number of benzene rings is 2. The molecule has 0 atom stereocenters. The van der Waals surface area contributed by atoms with Gasteiger partial charge in [0.2, 0.25) is 0 Å². The van der Waals surface area contributed by atoms with Crippen molar-refractivity contribution in [1.29, 1.82) is 0 Å². The van der Waals surface area contributed by atoms with E-state index in [9.17, 15) is 4.79 Å². The van der Waals surface area contributed by atoms with Crippen LogP contribution in [0.15, 0.2) is 59.0 Å². The molecule has 0 saturated carbocycles. The van der Waals surface area contributed by atoms with Crippen LogP contribution in [0.4, 0.5) is 0 Å². The van der Waals surface area contributed by atoms with Crippen molar-refractivity contribution >= 4 is 16.9 Å². The molecule has 0 unspecified atom stereocenters. The second-order valence-electron chi connectivity index (χ2n) is 6.02. The molecule has 2 aromatic carbocycles. The Morgan fingerprint density at radius 2 is 1.57 bits per heavy atom. The third-order valence-electron chi connectivity index (χ3n) is 4.49. The standard InChI is InChI=1S/C20H19NO2/c22-20(21-13-7-2-8-14-21)18-16-11-5-6-12-17(16)23-19(18)15-9-3-1-4-10-15/h1,3-6,9-12H,2,7-8,13-14H2. The van der Waals surface area contributed by atoms with Crippen molar-refractivity contribution in [3.63, 3.8) is 0 Å². The number of likely N-dealkylation sites (tertiary alicyclic amines) is 1. The molecule has 116 valence electrons. The van der Waals surface area contributed by atoms with Gasteiger partial charge < -0.3 is 9.32 Å². The molecule has 1 aliphatic rings. The number of amides is 1. The summed E-state index contributed by atoms with van der Waals surface area (Å²) in [6.07, 6.45) is 3.38. The molecule has 1 amide bonds. The Morgan fingerprint density at radius 3 is 2.35 bits per heavy atom. The first kappa shape index (κ1) is 14.1. The number of fused-ring (bicyclic) bond motifs is 1. The molecule has 0 N–H and O–H groups in total. The van der Waals surface area contributed by atoms with Gasteiger partial charge in [0.05, 0.1) is 5.56 Å². The number of para-hydroxylation sites is 1. The van der Waals surface area contributed by atoms with E-state index in [1.807, 2.05) is 59.5 Å². The Balaban J connectivity index is 1.87. The van der Waals surface area contributed by atoms with Crippen LogP contribution in [0.5, 0.6) is 0 Å². The molecular weight excluding hydrogens is 286 g/mol. The molecule has 3 aromatic rings. The molecule has 2 heterocycles. The molecule has 0 spiro atoms. The van der Waals surface area contributed by atoms with Crippen LogP contribution < -0.4 is 0 Å². The summed E-state index contributed by atoms with van der Waals surface area (Å²) in [6.45, 7) is 1.68. The minimum absolute atomic E-state index is 0.0912. The van der Waals surface area contributed by atoms with Crippen molar-refractivity contribution in [3.8, 4) is 11.3 Å². The molecule has 0 aliphatic carbocycles. The fourth-order valence-corrected chi connectivity index (χ4v) is 3.31. The predicted octanol–water partition coefficient (Wildman–Crippen LogP) is 4.73. The van der Waals surface area contributed by atoms with Gasteiger partial charge in [-0.05, 0) is 25.3 Å². The third-order valence-corrected chi connectivity index (χ3v) is 4.49. The average Bonchev–Trinajstić information content (AvgIpc) is 3.02. The molecule has 1 aliphatic heterocycles. The molecule has 0 bridgehead atoms. The summed E-state index contributed by atoms with van der Waals surface area (Å²) in [5.74, 6) is 0.774. The molecule has 3 heteroatoms. The van der Waals surface area contributed by atoms with Crippen LogP contribution >= 0.6 is 0 Å². The van der Waals surface area contributed by atoms with E-state index in [1.165, 1.54) is 6.42 Å². The maximum Gasteiger partial charge on any atom is 0.258 e. The van der Waals surface area contributed by atoms with Crippen LogP contribution in [0.3, 0.4) is 0 Å². The Bertz CT molecular complexity index is 829. The van der Waals surface area contributed by atoms with Gasteiger partial charge in [0.15, 0.2) is 0 Å². The molecule has 3 nitrogen and oxygen atoms in total. The van der Waals surface area contributed by atoms with E-state index in [0.29, 0.717) is 11.3 Å². The number of furan rings is 1. The number of carbonyl (C=O) groups excluding carboxylic acids is 1. The first-order valence-corrected chi connectivity index (χ1v) is 8.21. The monoisotopic (exact) mass is 305 g/mol.